The molecule has 0 aliphatic carbocycles. The Kier molecular flexibility index (Phi) is 4.93. The first-order valence-corrected chi connectivity index (χ1v) is 7.30. The second-order valence-corrected chi connectivity index (χ2v) is 5.77. The van der Waals surface area contributed by atoms with Crippen molar-refractivity contribution in [1.29, 1.82) is 0 Å². The fourth-order valence-electron chi connectivity index (χ4n) is 2.52. The third-order valence-corrected chi connectivity index (χ3v) is 4.40. The minimum absolute atomic E-state index is 0.226. The van der Waals surface area contributed by atoms with Crippen molar-refractivity contribution in [3.05, 3.63) is 34.1 Å². The predicted molar refractivity (Wildman–Crippen MR) is 77.0 cm³/mol. The molecule has 1 aromatic rings. The van der Waals surface area contributed by atoms with E-state index >= 15 is 0 Å². The first-order chi connectivity index (χ1) is 9.13. The minimum Gasteiger partial charge on any atom is -0.411 e. The normalized spacial score (nSPS) is 22.9. The summed E-state index contributed by atoms with van der Waals surface area (Å²) in [6.07, 6.45) is 1.77. The van der Waals surface area contributed by atoms with Gasteiger partial charge in [0.1, 0.15) is 5.82 Å². The van der Waals surface area contributed by atoms with E-state index in [-0.39, 0.29) is 5.82 Å². The van der Waals surface area contributed by atoms with Gasteiger partial charge in [-0.3, -0.25) is 4.90 Å². The molecule has 0 spiro atoms. The summed E-state index contributed by atoms with van der Waals surface area (Å²) in [7, 11) is 0. The van der Waals surface area contributed by atoms with Gasteiger partial charge in [-0.1, -0.05) is 34.1 Å². The maximum Gasteiger partial charge on any atom is 0.124 e. The quantitative estimate of drug-likeness (QED) is 0.679. The Hall–Kier alpha value is -0.940. The van der Waals surface area contributed by atoms with Gasteiger partial charge in [0.25, 0.3) is 0 Å². The summed E-state index contributed by atoms with van der Waals surface area (Å²) < 4.78 is 13.9. The number of halogens is 2. The molecule has 5 heteroatoms. The lowest BCUT2D eigenvalue weighted by atomic mass is 9.93. The maximum absolute atomic E-state index is 13.1. The highest BCUT2D eigenvalue weighted by atomic mass is 79.9. The van der Waals surface area contributed by atoms with Gasteiger partial charge >= 0.3 is 0 Å². The average Bonchev–Trinajstić information content (AvgIpc) is 2.41. The van der Waals surface area contributed by atoms with Crippen LogP contribution in [0.3, 0.4) is 0 Å². The number of hydrogen-bond donors (Lipinski definition) is 1. The molecule has 1 aliphatic rings. The summed E-state index contributed by atoms with van der Waals surface area (Å²) in [6.45, 7) is 4.66. The van der Waals surface area contributed by atoms with Crippen molar-refractivity contribution in [3.63, 3.8) is 0 Å². The Morgan fingerprint density at radius 1 is 1.53 bits per heavy atom. The van der Waals surface area contributed by atoms with Crippen LogP contribution in [-0.4, -0.2) is 28.9 Å². The van der Waals surface area contributed by atoms with Crippen molar-refractivity contribution >= 4 is 21.6 Å². The van der Waals surface area contributed by atoms with Crippen LogP contribution < -0.4 is 0 Å². The zero-order chi connectivity index (χ0) is 13.8. The van der Waals surface area contributed by atoms with Gasteiger partial charge in [0, 0.05) is 36.4 Å². The molecule has 1 unspecified atom stereocenters. The number of likely N-dealkylation sites (tertiary alicyclic amines) is 1. The third-order valence-electron chi connectivity index (χ3n) is 3.66. The van der Waals surface area contributed by atoms with Crippen LogP contribution in [0.2, 0.25) is 0 Å². The molecule has 1 aromatic carbocycles. The third kappa shape index (κ3) is 3.54. The number of oxime groups is 1. The molecule has 0 radical (unpaired) electrons. The number of piperidine rings is 1. The molecule has 3 nitrogen and oxygen atoms in total. The van der Waals surface area contributed by atoms with E-state index in [9.17, 15) is 4.39 Å². The molecule has 1 atom stereocenters. The topological polar surface area (TPSA) is 35.8 Å². The van der Waals surface area contributed by atoms with Gasteiger partial charge in [-0.05, 0) is 24.1 Å². The molecule has 0 aromatic heterocycles. The molecule has 1 saturated heterocycles. The van der Waals surface area contributed by atoms with Gasteiger partial charge in [0.05, 0.1) is 5.71 Å². The highest BCUT2D eigenvalue weighted by Gasteiger charge is 2.25. The van der Waals surface area contributed by atoms with Crippen molar-refractivity contribution in [1.82, 2.24) is 4.90 Å². The van der Waals surface area contributed by atoms with Gasteiger partial charge in [-0.2, -0.15) is 0 Å². The standard InChI is InChI=1S/C14H18BrFN2O/c1-2-10-8-18(6-5-14(10)17-19)9-11-3-4-12(16)7-13(11)15/h3-4,7,10,19H,2,5-6,8-9H2,1H3/b17-14+. The summed E-state index contributed by atoms with van der Waals surface area (Å²) in [5.41, 5.74) is 1.98. The lowest BCUT2D eigenvalue weighted by Gasteiger charge is -2.33. The van der Waals surface area contributed by atoms with Crippen molar-refractivity contribution in [2.45, 2.75) is 26.3 Å². The molecule has 19 heavy (non-hydrogen) atoms. The molecule has 1 N–H and O–H groups in total. The SMILES string of the molecule is CCC1CN(Cc2ccc(F)cc2Br)CC/C1=N\O. The summed E-state index contributed by atoms with van der Waals surface area (Å²) in [5.74, 6) is 0.0911. The van der Waals surface area contributed by atoms with Gasteiger partial charge in [-0.25, -0.2) is 4.39 Å². The minimum atomic E-state index is -0.226. The van der Waals surface area contributed by atoms with Crippen LogP contribution in [0.15, 0.2) is 27.8 Å². The van der Waals surface area contributed by atoms with E-state index in [0.29, 0.717) is 5.92 Å². The van der Waals surface area contributed by atoms with Crippen LogP contribution in [0.5, 0.6) is 0 Å². The second kappa shape index (κ2) is 6.48. The van der Waals surface area contributed by atoms with Crippen LogP contribution in [0, 0.1) is 11.7 Å². The lowest BCUT2D eigenvalue weighted by Crippen LogP contribution is -2.40. The smallest absolute Gasteiger partial charge is 0.124 e. The Morgan fingerprint density at radius 2 is 2.32 bits per heavy atom. The summed E-state index contributed by atoms with van der Waals surface area (Å²) >= 11 is 3.40. The van der Waals surface area contributed by atoms with Crippen LogP contribution in [-0.2, 0) is 6.54 Å². The summed E-state index contributed by atoms with van der Waals surface area (Å²) in [6, 6.07) is 4.80. The highest BCUT2D eigenvalue weighted by molar-refractivity contribution is 9.10. The van der Waals surface area contributed by atoms with Gasteiger partial charge in [0.2, 0.25) is 0 Å². The zero-order valence-electron chi connectivity index (χ0n) is 10.9. The number of rotatable bonds is 3. The fourth-order valence-corrected chi connectivity index (χ4v) is 2.99. The monoisotopic (exact) mass is 328 g/mol. The molecule has 0 bridgehead atoms. The average molecular weight is 329 g/mol. The molecular weight excluding hydrogens is 311 g/mol. The Balaban J connectivity index is 2.04. The van der Waals surface area contributed by atoms with Gasteiger partial charge in [0.15, 0.2) is 0 Å². The van der Waals surface area contributed by atoms with Crippen LogP contribution in [0.4, 0.5) is 4.39 Å². The van der Waals surface area contributed by atoms with E-state index in [1.807, 2.05) is 6.07 Å². The van der Waals surface area contributed by atoms with E-state index in [1.54, 1.807) is 0 Å². The number of nitrogens with zero attached hydrogens (tertiary/aromatic N) is 2. The molecule has 1 fully saturated rings. The van der Waals surface area contributed by atoms with E-state index in [0.717, 1.165) is 48.2 Å². The van der Waals surface area contributed by atoms with Gasteiger partial charge in [-0.15, -0.1) is 0 Å². The molecular formula is C14H18BrFN2O. The maximum atomic E-state index is 13.1. The first kappa shape index (κ1) is 14.5. The zero-order valence-corrected chi connectivity index (χ0v) is 12.5. The van der Waals surface area contributed by atoms with E-state index in [2.05, 4.69) is 32.9 Å². The molecule has 1 heterocycles. The fraction of sp³-hybridized carbons (Fsp3) is 0.500. The molecule has 2 rings (SSSR count). The molecule has 104 valence electrons. The molecule has 0 saturated carbocycles. The molecule has 1 aliphatic heterocycles. The van der Waals surface area contributed by atoms with Crippen LogP contribution >= 0.6 is 15.9 Å². The number of hydrogen-bond acceptors (Lipinski definition) is 3. The molecule has 0 amide bonds. The number of benzene rings is 1. The van der Waals surface area contributed by atoms with E-state index in [4.69, 9.17) is 5.21 Å². The predicted octanol–water partition coefficient (Wildman–Crippen LogP) is 3.65. The first-order valence-electron chi connectivity index (χ1n) is 6.51. The lowest BCUT2D eigenvalue weighted by molar-refractivity contribution is 0.220. The van der Waals surface area contributed by atoms with Crippen LogP contribution in [0.1, 0.15) is 25.3 Å². The van der Waals surface area contributed by atoms with Crippen LogP contribution in [0.25, 0.3) is 0 Å². The van der Waals surface area contributed by atoms with Crippen molar-refractivity contribution in [3.8, 4) is 0 Å². The van der Waals surface area contributed by atoms with Gasteiger partial charge < -0.3 is 5.21 Å². The van der Waals surface area contributed by atoms with Crippen molar-refractivity contribution in [2.24, 2.45) is 11.1 Å². The Bertz CT molecular complexity index is 479. The largest absolute Gasteiger partial charge is 0.411 e. The second-order valence-electron chi connectivity index (χ2n) is 4.92. The van der Waals surface area contributed by atoms with E-state index < -0.39 is 0 Å². The van der Waals surface area contributed by atoms with Crippen molar-refractivity contribution < 1.29 is 9.60 Å². The Labute approximate surface area is 121 Å². The van der Waals surface area contributed by atoms with E-state index in [1.165, 1.54) is 12.1 Å². The summed E-state index contributed by atoms with van der Waals surface area (Å²) in [5, 5.41) is 12.4. The van der Waals surface area contributed by atoms with Crippen molar-refractivity contribution in [2.75, 3.05) is 13.1 Å². The highest BCUT2D eigenvalue weighted by Crippen LogP contribution is 2.23. The Morgan fingerprint density at radius 3 is 2.95 bits per heavy atom. The summed E-state index contributed by atoms with van der Waals surface area (Å²) in [4.78, 5) is 2.32.